The first-order valence-corrected chi connectivity index (χ1v) is 7.16. The molecule has 6 heteroatoms. The van der Waals surface area contributed by atoms with Crippen LogP contribution in [0.25, 0.3) is 0 Å². The number of benzene rings is 1. The van der Waals surface area contributed by atoms with Crippen molar-refractivity contribution in [2.24, 2.45) is 4.99 Å². The van der Waals surface area contributed by atoms with Crippen molar-refractivity contribution in [2.45, 2.75) is 11.2 Å². The van der Waals surface area contributed by atoms with E-state index in [1.807, 2.05) is 18.4 Å². The summed E-state index contributed by atoms with van der Waals surface area (Å²) in [5.41, 5.74) is 0.939. The topological polar surface area (TPSA) is 52.1 Å². The maximum Gasteiger partial charge on any atom is 0.176 e. The van der Waals surface area contributed by atoms with E-state index in [-0.39, 0.29) is 6.29 Å². The molecule has 0 saturated heterocycles. The summed E-state index contributed by atoms with van der Waals surface area (Å²) in [6.45, 7) is 0.877. The molecule has 1 heterocycles. The van der Waals surface area contributed by atoms with Gasteiger partial charge in [0.05, 0.1) is 12.2 Å². The molecule has 5 nitrogen and oxygen atoms in total. The Bertz CT molecular complexity index is 461. The van der Waals surface area contributed by atoms with Gasteiger partial charge in [-0.2, -0.15) is 0 Å². The number of methoxy groups -OCH3 is 2. The molecule has 19 heavy (non-hydrogen) atoms. The number of nitrogens with one attached hydrogen (secondary N) is 1. The second kappa shape index (κ2) is 6.79. The maximum atomic E-state index is 5.69. The van der Waals surface area contributed by atoms with Gasteiger partial charge in [-0.25, -0.2) is 0 Å². The fourth-order valence-corrected chi connectivity index (χ4v) is 2.13. The van der Waals surface area contributed by atoms with Crippen molar-refractivity contribution in [3.05, 3.63) is 18.2 Å². The van der Waals surface area contributed by atoms with Crippen LogP contribution in [0.5, 0.6) is 5.75 Å². The Kier molecular flexibility index (Phi) is 5.07. The Morgan fingerprint density at radius 1 is 1.42 bits per heavy atom. The summed E-state index contributed by atoms with van der Waals surface area (Å²) in [5, 5.41) is 3.26. The van der Waals surface area contributed by atoms with E-state index in [1.54, 1.807) is 26.0 Å². The van der Waals surface area contributed by atoms with Gasteiger partial charge in [-0.3, -0.25) is 4.99 Å². The van der Waals surface area contributed by atoms with Crippen LogP contribution < -0.4 is 10.1 Å². The van der Waals surface area contributed by atoms with Crippen molar-refractivity contribution in [2.75, 3.05) is 38.9 Å². The highest BCUT2D eigenvalue weighted by molar-refractivity contribution is 7.98. The molecule has 1 N–H and O–H groups in total. The lowest BCUT2D eigenvalue weighted by Crippen LogP contribution is -2.28. The zero-order valence-corrected chi connectivity index (χ0v) is 12.1. The highest BCUT2D eigenvalue weighted by Gasteiger charge is 2.15. The minimum atomic E-state index is -0.324. The molecule has 0 atom stereocenters. The minimum Gasteiger partial charge on any atom is -0.483 e. The Balaban J connectivity index is 2.03. The second-order valence-corrected chi connectivity index (χ2v) is 4.84. The average Bonchev–Trinajstić information content (AvgIpc) is 2.47. The van der Waals surface area contributed by atoms with Gasteiger partial charge in [-0.15, -0.1) is 11.8 Å². The van der Waals surface area contributed by atoms with E-state index >= 15 is 0 Å². The average molecular weight is 282 g/mol. The Morgan fingerprint density at radius 3 is 2.89 bits per heavy atom. The van der Waals surface area contributed by atoms with Crippen LogP contribution in [0.3, 0.4) is 0 Å². The molecule has 104 valence electrons. The predicted molar refractivity (Wildman–Crippen MR) is 77.4 cm³/mol. The molecule has 0 amide bonds. The number of rotatable bonds is 5. The first-order valence-electron chi connectivity index (χ1n) is 5.93. The zero-order chi connectivity index (χ0) is 13.7. The molecular weight excluding hydrogens is 264 g/mol. The molecule has 0 fully saturated rings. The van der Waals surface area contributed by atoms with E-state index in [1.165, 1.54) is 4.90 Å². The lowest BCUT2D eigenvalue weighted by molar-refractivity contribution is -0.0937. The molecule has 0 aromatic heterocycles. The lowest BCUT2D eigenvalue weighted by atomic mass is 10.2. The number of anilines is 1. The van der Waals surface area contributed by atoms with E-state index in [4.69, 9.17) is 14.2 Å². The van der Waals surface area contributed by atoms with Gasteiger partial charge in [0.2, 0.25) is 0 Å². The predicted octanol–water partition coefficient (Wildman–Crippen LogP) is 2.23. The Morgan fingerprint density at radius 2 is 2.21 bits per heavy atom. The van der Waals surface area contributed by atoms with E-state index in [0.717, 1.165) is 17.3 Å². The van der Waals surface area contributed by atoms with Crippen LogP contribution in [0.1, 0.15) is 0 Å². The number of nitrogens with zero attached hydrogens (tertiary/aromatic N) is 1. The normalized spacial score (nSPS) is 16.1. The molecule has 1 aliphatic rings. The first-order chi connectivity index (χ1) is 9.26. The molecule has 0 radical (unpaired) electrons. The van der Waals surface area contributed by atoms with Crippen LogP contribution in [-0.2, 0) is 9.47 Å². The smallest absolute Gasteiger partial charge is 0.176 e. The van der Waals surface area contributed by atoms with Crippen molar-refractivity contribution in [3.8, 4) is 5.75 Å². The van der Waals surface area contributed by atoms with Crippen LogP contribution in [0, 0.1) is 0 Å². The standard InChI is InChI=1S/C13H18N2O3S/c1-16-13(17-2)7-14-12-8-18-11-6-9(19-3)4-5-10(11)15-12/h4-6,13H,7-8H2,1-3H3,(H,14,15). The van der Waals surface area contributed by atoms with Crippen molar-refractivity contribution < 1.29 is 14.2 Å². The molecule has 0 unspecified atom stereocenters. The van der Waals surface area contributed by atoms with Crippen LogP contribution in [-0.4, -0.2) is 45.8 Å². The number of thioether (sulfide) groups is 1. The number of aliphatic imine (C=N–C) groups is 1. The number of hydrogen-bond acceptors (Lipinski definition) is 5. The van der Waals surface area contributed by atoms with E-state index < -0.39 is 0 Å². The van der Waals surface area contributed by atoms with Crippen LogP contribution in [0.2, 0.25) is 0 Å². The molecule has 0 saturated carbocycles. The number of hydrogen-bond donors (Lipinski definition) is 1. The summed E-state index contributed by atoms with van der Waals surface area (Å²) in [4.78, 5) is 5.57. The molecule has 1 aliphatic heterocycles. The van der Waals surface area contributed by atoms with Gasteiger partial charge in [0.25, 0.3) is 0 Å². The Labute approximate surface area is 117 Å². The van der Waals surface area contributed by atoms with Gasteiger partial charge in [-0.1, -0.05) is 0 Å². The maximum absolute atomic E-state index is 5.69. The first kappa shape index (κ1) is 14.2. The quantitative estimate of drug-likeness (QED) is 0.663. The summed E-state index contributed by atoms with van der Waals surface area (Å²) < 4.78 is 15.9. The van der Waals surface area contributed by atoms with Gasteiger partial charge in [0, 0.05) is 19.1 Å². The van der Waals surface area contributed by atoms with Gasteiger partial charge >= 0.3 is 0 Å². The summed E-state index contributed by atoms with van der Waals surface area (Å²) in [5.74, 6) is 1.64. The number of fused-ring (bicyclic) bond motifs is 1. The third-order valence-electron chi connectivity index (χ3n) is 2.79. The molecule has 1 aromatic rings. The van der Waals surface area contributed by atoms with Crippen molar-refractivity contribution in [1.29, 1.82) is 0 Å². The van der Waals surface area contributed by atoms with Crippen LogP contribution >= 0.6 is 11.8 Å². The number of ether oxygens (including phenoxy) is 3. The molecule has 1 aromatic carbocycles. The monoisotopic (exact) mass is 282 g/mol. The molecule has 2 rings (SSSR count). The largest absolute Gasteiger partial charge is 0.483 e. The molecule has 0 aliphatic carbocycles. The number of amidine groups is 1. The molecule has 0 spiro atoms. The van der Waals surface area contributed by atoms with E-state index in [0.29, 0.717) is 13.2 Å². The summed E-state index contributed by atoms with van der Waals surface area (Å²) >= 11 is 1.69. The summed E-state index contributed by atoms with van der Waals surface area (Å²) in [6, 6.07) is 6.08. The summed E-state index contributed by atoms with van der Waals surface area (Å²) in [6.07, 6.45) is 1.72. The van der Waals surface area contributed by atoms with Crippen molar-refractivity contribution in [3.63, 3.8) is 0 Å². The fourth-order valence-electron chi connectivity index (χ4n) is 1.71. The SMILES string of the molecule is COC(CN=C1COc2cc(SC)ccc2N1)OC. The minimum absolute atomic E-state index is 0.324. The summed E-state index contributed by atoms with van der Waals surface area (Å²) in [7, 11) is 3.19. The van der Waals surface area contributed by atoms with E-state index in [2.05, 4.69) is 16.4 Å². The zero-order valence-electron chi connectivity index (χ0n) is 11.3. The molecular formula is C13H18N2O3S. The third-order valence-corrected chi connectivity index (χ3v) is 3.51. The van der Waals surface area contributed by atoms with Crippen LogP contribution in [0.15, 0.2) is 28.1 Å². The molecule has 0 bridgehead atoms. The van der Waals surface area contributed by atoms with E-state index in [9.17, 15) is 0 Å². The van der Waals surface area contributed by atoms with Crippen molar-refractivity contribution in [1.82, 2.24) is 0 Å². The second-order valence-electron chi connectivity index (χ2n) is 3.96. The Hall–Kier alpha value is -1.24. The highest BCUT2D eigenvalue weighted by atomic mass is 32.2. The van der Waals surface area contributed by atoms with Gasteiger partial charge in [0.1, 0.15) is 18.2 Å². The highest BCUT2D eigenvalue weighted by Crippen LogP contribution is 2.31. The van der Waals surface area contributed by atoms with Gasteiger partial charge < -0.3 is 19.5 Å². The van der Waals surface area contributed by atoms with Crippen LogP contribution in [0.4, 0.5) is 5.69 Å². The van der Waals surface area contributed by atoms with Gasteiger partial charge in [0.15, 0.2) is 6.29 Å². The van der Waals surface area contributed by atoms with Gasteiger partial charge in [-0.05, 0) is 24.5 Å². The van der Waals surface area contributed by atoms with Crippen molar-refractivity contribution >= 4 is 23.3 Å². The third kappa shape index (κ3) is 3.62. The lowest BCUT2D eigenvalue weighted by Gasteiger charge is -2.21. The fraction of sp³-hybridized carbons (Fsp3) is 0.462.